The van der Waals surface area contributed by atoms with E-state index < -0.39 is 0 Å². The van der Waals surface area contributed by atoms with E-state index in [1.807, 2.05) is 12.3 Å². The summed E-state index contributed by atoms with van der Waals surface area (Å²) in [6.45, 7) is 0.910. The van der Waals surface area contributed by atoms with Crippen LogP contribution in [0.2, 0.25) is 0 Å². The Kier molecular flexibility index (Phi) is 4.51. The molecule has 0 saturated carbocycles. The van der Waals surface area contributed by atoms with Crippen molar-refractivity contribution >= 4 is 23.5 Å². The highest BCUT2D eigenvalue weighted by atomic mass is 32.2. The fourth-order valence-corrected chi connectivity index (χ4v) is 2.91. The van der Waals surface area contributed by atoms with E-state index in [-0.39, 0.29) is 0 Å². The Balaban J connectivity index is 1.93. The average Bonchev–Trinajstić information content (AvgIpc) is 2.57. The first kappa shape index (κ1) is 14.1. The number of allylic oxidation sites excluding steroid dienone is 1. The topological polar surface area (TPSA) is 25.2 Å². The number of aliphatic imine (C=N–C) groups is 1. The van der Waals surface area contributed by atoms with Gasteiger partial charge in [-0.1, -0.05) is 12.1 Å². The van der Waals surface area contributed by atoms with Gasteiger partial charge in [0, 0.05) is 29.4 Å². The number of hydrogen-bond acceptors (Lipinski definition) is 3. The third-order valence-electron chi connectivity index (χ3n) is 3.57. The molecule has 1 aliphatic heterocycles. The first-order chi connectivity index (χ1) is 10.4. The number of nitrogens with zero attached hydrogens (tertiary/aromatic N) is 2. The molecule has 1 aliphatic rings. The van der Waals surface area contributed by atoms with Crippen molar-refractivity contribution in [1.29, 1.82) is 0 Å². The molecule has 3 rings (SSSR count). The molecule has 106 valence electrons. The van der Waals surface area contributed by atoms with E-state index in [4.69, 9.17) is 4.99 Å². The van der Waals surface area contributed by atoms with Gasteiger partial charge in [-0.3, -0.25) is 9.98 Å². The molecule has 1 aromatic carbocycles. The van der Waals surface area contributed by atoms with E-state index in [2.05, 4.69) is 47.6 Å². The van der Waals surface area contributed by atoms with Crippen molar-refractivity contribution in [2.75, 3.05) is 12.8 Å². The van der Waals surface area contributed by atoms with Crippen molar-refractivity contribution in [1.82, 2.24) is 4.98 Å². The van der Waals surface area contributed by atoms with Crippen molar-refractivity contribution in [3.05, 3.63) is 65.5 Å². The van der Waals surface area contributed by atoms with Gasteiger partial charge >= 0.3 is 0 Å². The minimum Gasteiger partial charge on any atom is -0.284 e. The molecule has 0 unspecified atom stereocenters. The number of hydrogen-bond donors (Lipinski definition) is 0. The summed E-state index contributed by atoms with van der Waals surface area (Å²) in [5, 5.41) is 0. The Hall–Kier alpha value is -1.87. The summed E-state index contributed by atoms with van der Waals surface area (Å²) in [5.41, 5.74) is 4.76. The average molecular weight is 294 g/mol. The fraction of sp³-hybridized carbons (Fsp3) is 0.222. The lowest BCUT2D eigenvalue weighted by Crippen LogP contribution is -2.11. The van der Waals surface area contributed by atoms with E-state index in [0.717, 1.165) is 30.7 Å². The molecule has 0 spiro atoms. The molecule has 0 saturated heterocycles. The van der Waals surface area contributed by atoms with Gasteiger partial charge in [0.2, 0.25) is 0 Å². The van der Waals surface area contributed by atoms with Gasteiger partial charge in [0.05, 0.1) is 5.71 Å². The van der Waals surface area contributed by atoms with Crippen LogP contribution in [0.4, 0.5) is 0 Å². The second-order valence-electron chi connectivity index (χ2n) is 5.02. The number of thioether (sulfide) groups is 1. The highest BCUT2D eigenvalue weighted by Crippen LogP contribution is 2.23. The standard InChI is InChI=1S/C18H18N2S/c1-21-17-8-6-14(7-9-17)12-15-4-3-11-20-18(15)16-5-2-10-19-13-16/h2,5-10,12-13H,3-4,11H2,1H3. The van der Waals surface area contributed by atoms with Crippen LogP contribution < -0.4 is 0 Å². The van der Waals surface area contributed by atoms with Crippen molar-refractivity contribution in [3.8, 4) is 0 Å². The van der Waals surface area contributed by atoms with Gasteiger partial charge in [0.25, 0.3) is 0 Å². The van der Waals surface area contributed by atoms with Crippen LogP contribution in [0.15, 0.2) is 64.3 Å². The predicted molar refractivity (Wildman–Crippen MR) is 91.1 cm³/mol. The van der Waals surface area contributed by atoms with Crippen LogP contribution in [0.5, 0.6) is 0 Å². The SMILES string of the molecule is CSc1ccc(C=C2CCCN=C2c2cccnc2)cc1. The van der Waals surface area contributed by atoms with E-state index >= 15 is 0 Å². The molecule has 0 aliphatic carbocycles. The third-order valence-corrected chi connectivity index (χ3v) is 4.31. The Morgan fingerprint density at radius 1 is 1.14 bits per heavy atom. The molecule has 3 heteroatoms. The van der Waals surface area contributed by atoms with Gasteiger partial charge in [-0.15, -0.1) is 11.8 Å². The molecule has 0 fully saturated rings. The summed E-state index contributed by atoms with van der Waals surface area (Å²) in [4.78, 5) is 10.2. The molecule has 2 heterocycles. The van der Waals surface area contributed by atoms with E-state index in [1.165, 1.54) is 16.0 Å². The maximum Gasteiger partial charge on any atom is 0.0694 e. The summed E-state index contributed by atoms with van der Waals surface area (Å²) < 4.78 is 0. The minimum atomic E-state index is 0.910. The van der Waals surface area contributed by atoms with Crippen molar-refractivity contribution in [2.45, 2.75) is 17.7 Å². The van der Waals surface area contributed by atoms with E-state index in [0.29, 0.717) is 0 Å². The minimum absolute atomic E-state index is 0.910. The highest BCUT2D eigenvalue weighted by Gasteiger charge is 2.14. The van der Waals surface area contributed by atoms with Crippen LogP contribution in [0.25, 0.3) is 6.08 Å². The van der Waals surface area contributed by atoms with E-state index in [9.17, 15) is 0 Å². The van der Waals surface area contributed by atoms with Crippen molar-refractivity contribution in [3.63, 3.8) is 0 Å². The van der Waals surface area contributed by atoms with Crippen LogP contribution in [-0.2, 0) is 0 Å². The van der Waals surface area contributed by atoms with Crippen LogP contribution in [0.3, 0.4) is 0 Å². The zero-order valence-corrected chi connectivity index (χ0v) is 12.9. The summed E-state index contributed by atoms with van der Waals surface area (Å²) in [6, 6.07) is 12.7. The number of aromatic nitrogens is 1. The first-order valence-corrected chi connectivity index (χ1v) is 8.39. The van der Waals surface area contributed by atoms with Gasteiger partial charge in [-0.2, -0.15) is 0 Å². The van der Waals surface area contributed by atoms with Gasteiger partial charge in [-0.05, 0) is 60.6 Å². The summed E-state index contributed by atoms with van der Waals surface area (Å²) >= 11 is 1.77. The molecule has 2 nitrogen and oxygen atoms in total. The predicted octanol–water partition coefficient (Wildman–Crippen LogP) is 4.47. The van der Waals surface area contributed by atoms with Crippen LogP contribution in [-0.4, -0.2) is 23.5 Å². The normalized spacial score (nSPS) is 16.8. The molecular weight excluding hydrogens is 276 g/mol. The zero-order chi connectivity index (χ0) is 14.5. The maximum absolute atomic E-state index is 4.72. The molecule has 0 atom stereocenters. The van der Waals surface area contributed by atoms with E-state index in [1.54, 1.807) is 18.0 Å². The fourth-order valence-electron chi connectivity index (χ4n) is 2.50. The molecule has 0 N–H and O–H groups in total. The molecule has 0 radical (unpaired) electrons. The van der Waals surface area contributed by atoms with Gasteiger partial charge in [0.1, 0.15) is 0 Å². The quantitative estimate of drug-likeness (QED) is 0.780. The molecule has 0 bridgehead atoms. The molecular formula is C18H18N2S. The monoisotopic (exact) mass is 294 g/mol. The number of rotatable bonds is 3. The Labute approximate surface area is 130 Å². The number of benzene rings is 1. The molecule has 2 aromatic rings. The molecule has 0 amide bonds. The molecule has 21 heavy (non-hydrogen) atoms. The lowest BCUT2D eigenvalue weighted by atomic mass is 9.95. The number of pyridine rings is 1. The smallest absolute Gasteiger partial charge is 0.0694 e. The second kappa shape index (κ2) is 6.72. The third kappa shape index (κ3) is 3.42. The van der Waals surface area contributed by atoms with Crippen molar-refractivity contribution in [2.24, 2.45) is 4.99 Å². The van der Waals surface area contributed by atoms with Crippen molar-refractivity contribution < 1.29 is 0 Å². The zero-order valence-electron chi connectivity index (χ0n) is 12.1. The lowest BCUT2D eigenvalue weighted by Gasteiger charge is -2.16. The lowest BCUT2D eigenvalue weighted by molar-refractivity contribution is 0.818. The van der Waals surface area contributed by atoms with Crippen LogP contribution in [0, 0.1) is 0 Å². The first-order valence-electron chi connectivity index (χ1n) is 7.16. The Bertz CT molecular complexity index is 657. The van der Waals surface area contributed by atoms with Crippen LogP contribution in [0.1, 0.15) is 24.0 Å². The second-order valence-corrected chi connectivity index (χ2v) is 5.90. The summed E-state index contributed by atoms with van der Waals surface area (Å²) in [7, 11) is 0. The Morgan fingerprint density at radius 2 is 2.00 bits per heavy atom. The largest absolute Gasteiger partial charge is 0.284 e. The van der Waals surface area contributed by atoms with Gasteiger partial charge in [-0.25, -0.2) is 0 Å². The maximum atomic E-state index is 4.72. The Morgan fingerprint density at radius 3 is 2.71 bits per heavy atom. The van der Waals surface area contributed by atoms with Crippen LogP contribution >= 0.6 is 11.8 Å². The van der Waals surface area contributed by atoms with Gasteiger partial charge in [0.15, 0.2) is 0 Å². The summed E-state index contributed by atoms with van der Waals surface area (Å²) in [6.07, 6.45) is 10.3. The highest BCUT2D eigenvalue weighted by molar-refractivity contribution is 7.98. The summed E-state index contributed by atoms with van der Waals surface area (Å²) in [5.74, 6) is 0. The molecule has 1 aromatic heterocycles. The van der Waals surface area contributed by atoms with Gasteiger partial charge < -0.3 is 0 Å².